The van der Waals surface area contributed by atoms with Gasteiger partial charge in [-0.3, -0.25) is 4.99 Å². The number of benzene rings is 2. The molecule has 0 aliphatic heterocycles. The molecule has 2 nitrogen and oxygen atoms in total. The lowest BCUT2D eigenvalue weighted by atomic mass is 10.0. The molecule has 2 rings (SSSR count). The first-order chi connectivity index (χ1) is 7.83. The molecule has 2 aromatic carbocycles. The van der Waals surface area contributed by atoms with Crippen molar-refractivity contribution in [2.45, 2.75) is 0 Å². The molecular formula is C13H13NOS. The molecule has 0 fully saturated rings. The lowest BCUT2D eigenvalue weighted by molar-refractivity contribution is 0.475. The number of nitrogens with zero attached hydrogens (tertiary/aromatic N) is 1. The Hall–Kier alpha value is -1.48. The number of phenols is 1. The summed E-state index contributed by atoms with van der Waals surface area (Å²) in [6, 6.07) is 11.5. The highest BCUT2D eigenvalue weighted by Crippen LogP contribution is 2.25. The maximum atomic E-state index is 9.80. The fourth-order valence-electron chi connectivity index (χ4n) is 1.63. The normalized spacial score (nSPS) is 11.3. The molecule has 0 heterocycles. The summed E-state index contributed by atoms with van der Waals surface area (Å²) in [5.41, 5.74) is 0.778. The van der Waals surface area contributed by atoms with Gasteiger partial charge in [0, 0.05) is 24.1 Å². The van der Waals surface area contributed by atoms with Crippen molar-refractivity contribution >= 4 is 29.6 Å². The fraction of sp³-hybridized carbons (Fsp3) is 0.154. The maximum absolute atomic E-state index is 9.80. The van der Waals surface area contributed by atoms with Crippen LogP contribution in [0.5, 0.6) is 5.75 Å². The van der Waals surface area contributed by atoms with Gasteiger partial charge in [-0.15, -0.1) is 0 Å². The van der Waals surface area contributed by atoms with Crippen LogP contribution in [0.1, 0.15) is 5.56 Å². The van der Waals surface area contributed by atoms with E-state index in [1.54, 1.807) is 12.3 Å². The van der Waals surface area contributed by atoms with Crippen LogP contribution in [-0.4, -0.2) is 23.6 Å². The number of thiol groups is 1. The number of hydrogen-bond donors (Lipinski definition) is 2. The maximum Gasteiger partial charge on any atom is 0.124 e. The van der Waals surface area contributed by atoms with Gasteiger partial charge in [0.1, 0.15) is 5.75 Å². The number of aromatic hydroxyl groups is 1. The predicted octanol–water partition coefficient (Wildman–Crippen LogP) is 2.89. The Labute approximate surface area is 100 Å². The standard InChI is InChI=1S/C13H13NOS/c15-13-6-5-10-3-1-2-4-11(10)12(13)9-14-7-8-16/h1-6,9,15-16H,7-8H2/b14-9-. The van der Waals surface area contributed by atoms with Gasteiger partial charge in [0.25, 0.3) is 0 Å². The van der Waals surface area contributed by atoms with Crippen molar-refractivity contribution < 1.29 is 5.11 Å². The van der Waals surface area contributed by atoms with Gasteiger partial charge >= 0.3 is 0 Å². The van der Waals surface area contributed by atoms with Crippen molar-refractivity contribution in [1.82, 2.24) is 0 Å². The lowest BCUT2D eigenvalue weighted by Gasteiger charge is -2.04. The highest BCUT2D eigenvalue weighted by molar-refractivity contribution is 7.80. The minimum Gasteiger partial charge on any atom is -0.507 e. The van der Waals surface area contributed by atoms with Crippen LogP contribution in [0.4, 0.5) is 0 Å². The van der Waals surface area contributed by atoms with Crippen LogP contribution in [0.15, 0.2) is 41.4 Å². The molecule has 0 aliphatic rings. The number of hydrogen-bond acceptors (Lipinski definition) is 3. The zero-order chi connectivity index (χ0) is 11.4. The SMILES string of the molecule is Oc1ccc2ccccc2c1/C=N\CCS. The van der Waals surface area contributed by atoms with Gasteiger partial charge in [-0.2, -0.15) is 12.6 Å². The van der Waals surface area contributed by atoms with Crippen LogP contribution in [0.25, 0.3) is 10.8 Å². The summed E-state index contributed by atoms with van der Waals surface area (Å²) < 4.78 is 0. The first kappa shape index (κ1) is 11.0. The summed E-state index contributed by atoms with van der Waals surface area (Å²) in [6.07, 6.45) is 1.72. The van der Waals surface area contributed by atoms with E-state index in [2.05, 4.69) is 17.6 Å². The largest absolute Gasteiger partial charge is 0.507 e. The van der Waals surface area contributed by atoms with Crippen LogP contribution < -0.4 is 0 Å². The van der Waals surface area contributed by atoms with E-state index in [0.717, 1.165) is 16.3 Å². The Morgan fingerprint density at radius 2 is 2.00 bits per heavy atom. The first-order valence-corrected chi connectivity index (χ1v) is 5.77. The van der Waals surface area contributed by atoms with Gasteiger partial charge in [0.15, 0.2) is 0 Å². The fourth-order valence-corrected chi connectivity index (χ4v) is 1.75. The quantitative estimate of drug-likeness (QED) is 0.618. The monoisotopic (exact) mass is 231 g/mol. The van der Waals surface area contributed by atoms with E-state index in [1.807, 2.05) is 30.3 Å². The number of rotatable bonds is 3. The van der Waals surface area contributed by atoms with E-state index in [9.17, 15) is 5.11 Å². The molecule has 3 heteroatoms. The van der Waals surface area contributed by atoms with Crippen LogP contribution >= 0.6 is 12.6 Å². The second kappa shape index (κ2) is 5.03. The van der Waals surface area contributed by atoms with Crippen molar-refractivity contribution in [2.75, 3.05) is 12.3 Å². The van der Waals surface area contributed by atoms with Crippen molar-refractivity contribution in [3.05, 3.63) is 42.0 Å². The van der Waals surface area contributed by atoms with Crippen LogP contribution in [0.3, 0.4) is 0 Å². The second-order valence-electron chi connectivity index (χ2n) is 3.48. The average Bonchev–Trinajstić information content (AvgIpc) is 2.32. The molecule has 82 valence electrons. The van der Waals surface area contributed by atoms with Crippen LogP contribution in [0.2, 0.25) is 0 Å². The van der Waals surface area contributed by atoms with Gasteiger partial charge in [0.05, 0.1) is 0 Å². The van der Waals surface area contributed by atoms with E-state index < -0.39 is 0 Å². The first-order valence-electron chi connectivity index (χ1n) is 5.14. The third-order valence-electron chi connectivity index (χ3n) is 2.40. The smallest absolute Gasteiger partial charge is 0.124 e. The van der Waals surface area contributed by atoms with Crippen molar-refractivity contribution in [3.63, 3.8) is 0 Å². The summed E-state index contributed by atoms with van der Waals surface area (Å²) >= 11 is 4.09. The van der Waals surface area contributed by atoms with E-state index in [1.165, 1.54) is 0 Å². The molecule has 1 N–H and O–H groups in total. The minimum absolute atomic E-state index is 0.265. The molecule has 0 amide bonds. The Bertz CT molecular complexity index is 522. The molecule has 0 atom stereocenters. The van der Waals surface area contributed by atoms with E-state index in [4.69, 9.17) is 0 Å². The predicted molar refractivity (Wildman–Crippen MR) is 71.9 cm³/mol. The molecule has 2 aromatic rings. The Balaban J connectivity index is 2.52. The van der Waals surface area contributed by atoms with Crippen LogP contribution in [0, 0.1) is 0 Å². The highest BCUT2D eigenvalue weighted by Gasteiger charge is 2.03. The zero-order valence-electron chi connectivity index (χ0n) is 8.80. The summed E-state index contributed by atoms with van der Waals surface area (Å²) in [5, 5.41) is 11.9. The molecule has 0 radical (unpaired) electrons. The minimum atomic E-state index is 0.265. The Morgan fingerprint density at radius 1 is 1.19 bits per heavy atom. The Morgan fingerprint density at radius 3 is 2.81 bits per heavy atom. The number of phenolic OH excluding ortho intramolecular Hbond substituents is 1. The summed E-state index contributed by atoms with van der Waals surface area (Å²) in [7, 11) is 0. The van der Waals surface area contributed by atoms with Gasteiger partial charge in [-0.1, -0.05) is 30.3 Å². The van der Waals surface area contributed by atoms with E-state index in [-0.39, 0.29) is 5.75 Å². The van der Waals surface area contributed by atoms with Crippen molar-refractivity contribution in [3.8, 4) is 5.75 Å². The lowest BCUT2D eigenvalue weighted by Crippen LogP contribution is -1.88. The van der Waals surface area contributed by atoms with Gasteiger partial charge in [0.2, 0.25) is 0 Å². The average molecular weight is 231 g/mol. The van der Waals surface area contributed by atoms with Crippen molar-refractivity contribution in [2.24, 2.45) is 4.99 Å². The molecular weight excluding hydrogens is 218 g/mol. The topological polar surface area (TPSA) is 32.6 Å². The van der Waals surface area contributed by atoms with Gasteiger partial charge in [-0.25, -0.2) is 0 Å². The molecule has 0 aliphatic carbocycles. The number of fused-ring (bicyclic) bond motifs is 1. The zero-order valence-corrected chi connectivity index (χ0v) is 9.69. The van der Waals surface area contributed by atoms with Gasteiger partial charge < -0.3 is 5.11 Å². The molecule has 0 spiro atoms. The number of aliphatic imine (C=N–C) groups is 1. The van der Waals surface area contributed by atoms with Crippen molar-refractivity contribution in [1.29, 1.82) is 0 Å². The van der Waals surface area contributed by atoms with Crippen LogP contribution in [-0.2, 0) is 0 Å². The molecule has 0 bridgehead atoms. The summed E-state index contributed by atoms with van der Waals surface area (Å²) in [4.78, 5) is 4.21. The highest BCUT2D eigenvalue weighted by atomic mass is 32.1. The second-order valence-corrected chi connectivity index (χ2v) is 3.93. The molecule has 16 heavy (non-hydrogen) atoms. The third kappa shape index (κ3) is 2.19. The van der Waals surface area contributed by atoms with E-state index in [0.29, 0.717) is 12.3 Å². The summed E-state index contributed by atoms with van der Waals surface area (Å²) in [5.74, 6) is 0.976. The molecule has 0 unspecified atom stereocenters. The third-order valence-corrected chi connectivity index (χ3v) is 2.60. The summed E-state index contributed by atoms with van der Waals surface area (Å²) in [6.45, 7) is 0.659. The van der Waals surface area contributed by atoms with Gasteiger partial charge in [-0.05, 0) is 16.8 Å². The molecule has 0 saturated carbocycles. The van der Waals surface area contributed by atoms with E-state index >= 15 is 0 Å². The molecule has 0 aromatic heterocycles. The molecule has 0 saturated heterocycles. The Kier molecular flexibility index (Phi) is 3.47.